The average Bonchev–Trinajstić information content (AvgIpc) is 3.97. The van der Waals surface area contributed by atoms with Gasteiger partial charge in [-0.15, -0.1) is 0 Å². The highest BCUT2D eigenvalue weighted by Gasteiger charge is 2.42. The smallest absolute Gasteiger partial charge is 0.326 e. The van der Waals surface area contributed by atoms with Gasteiger partial charge in [-0.2, -0.15) is 0 Å². The minimum Gasteiger partial charge on any atom is -0.480 e. The van der Waals surface area contributed by atoms with Crippen molar-refractivity contribution in [3.05, 3.63) is 35.9 Å². The number of benzene rings is 1. The van der Waals surface area contributed by atoms with Crippen molar-refractivity contribution in [2.24, 2.45) is 39.9 Å². The summed E-state index contributed by atoms with van der Waals surface area (Å²) in [5, 5.41) is 23.3. The normalized spacial score (nSPS) is 19.2. The number of hydrogen-bond donors (Lipinski definition) is 9. The van der Waals surface area contributed by atoms with E-state index in [1.807, 2.05) is 32.0 Å². The molecule has 0 aromatic heterocycles. The predicted molar refractivity (Wildman–Crippen MR) is 240 cm³/mol. The van der Waals surface area contributed by atoms with Crippen LogP contribution in [-0.4, -0.2) is 137 Å². The number of rotatable bonds is 24. The number of aliphatic carboxylic acids is 1. The number of nitrogens with two attached hydrogens (primary N) is 3. The first-order chi connectivity index (χ1) is 30.3. The van der Waals surface area contributed by atoms with Crippen LogP contribution in [0.1, 0.15) is 98.5 Å². The van der Waals surface area contributed by atoms with Crippen LogP contribution >= 0.6 is 0 Å². The second kappa shape index (κ2) is 25.5. The maximum Gasteiger partial charge on any atom is 0.326 e. The lowest BCUT2D eigenvalue weighted by molar-refractivity contribution is -0.144. The molecule has 64 heavy (non-hydrogen) atoms. The van der Waals surface area contributed by atoms with Gasteiger partial charge in [-0.25, -0.2) is 4.79 Å². The van der Waals surface area contributed by atoms with E-state index in [4.69, 9.17) is 17.2 Å². The molecule has 0 aliphatic carbocycles. The molecule has 12 N–H and O–H groups in total. The number of carboxylic acids is 1. The fourth-order valence-electron chi connectivity index (χ4n) is 7.86. The molecule has 0 spiro atoms. The van der Waals surface area contributed by atoms with Crippen molar-refractivity contribution in [1.29, 1.82) is 0 Å². The molecule has 9 atom stereocenters. The number of guanidine groups is 1. The molecule has 2 fully saturated rings. The summed E-state index contributed by atoms with van der Waals surface area (Å²) >= 11 is 0. The number of likely N-dealkylation sites (tertiary alicyclic amines) is 2. The van der Waals surface area contributed by atoms with E-state index in [0.29, 0.717) is 51.5 Å². The minimum absolute atomic E-state index is 0.0696. The standard InChI is InChI=1S/C44H71N11O9/c1-7-26(5)35(41(61)53-36(27(6)8-2)40(60)51-34(25(3)4)43(63)64)52-39(59)32-19-14-22-55(32)42(62)30(23-28-15-10-9-11-16-28)50-38(58)31-18-13-21-54(31)33(56)24-49-37(57)29(45)17-12-20-48-44(46)47/h9-11,15-16,25-27,29-32,34-36H,7-8,12-14,17-24,45H2,1-6H3,(H,49,57)(H,50,58)(H,51,60)(H,52,59)(H,53,61)(H,63,64)(H4,46,47,48)/t26-,27-,29-,30+,31-,32-,34-,35-,36-/m0/s1. The summed E-state index contributed by atoms with van der Waals surface area (Å²) in [6, 6.07) is 1.76. The molecule has 0 bridgehead atoms. The van der Waals surface area contributed by atoms with Gasteiger partial charge in [0.2, 0.25) is 41.4 Å². The fraction of sp³-hybridized carbons (Fsp3) is 0.659. The number of nitrogens with one attached hydrogen (secondary N) is 5. The van der Waals surface area contributed by atoms with Gasteiger partial charge in [-0.1, -0.05) is 84.7 Å². The fourth-order valence-corrected chi connectivity index (χ4v) is 7.86. The quantitative estimate of drug-likeness (QED) is 0.0360. The first-order valence-electron chi connectivity index (χ1n) is 22.5. The Balaban J connectivity index is 1.77. The lowest BCUT2D eigenvalue weighted by Crippen LogP contribution is -2.61. The summed E-state index contributed by atoms with van der Waals surface area (Å²) in [6.07, 6.45) is 3.40. The van der Waals surface area contributed by atoms with Crippen molar-refractivity contribution < 1.29 is 43.5 Å². The van der Waals surface area contributed by atoms with Crippen molar-refractivity contribution in [2.75, 3.05) is 26.2 Å². The van der Waals surface area contributed by atoms with Gasteiger partial charge in [0.1, 0.15) is 36.3 Å². The lowest BCUT2D eigenvalue weighted by atomic mass is 9.94. The van der Waals surface area contributed by atoms with Crippen molar-refractivity contribution in [3.8, 4) is 0 Å². The van der Waals surface area contributed by atoms with Crippen LogP contribution in [0, 0.1) is 17.8 Å². The molecule has 7 amide bonds. The highest BCUT2D eigenvalue weighted by atomic mass is 16.4. The summed E-state index contributed by atoms with van der Waals surface area (Å²) in [5.74, 6) is -6.41. The largest absolute Gasteiger partial charge is 0.480 e. The maximum atomic E-state index is 14.5. The first-order valence-corrected chi connectivity index (χ1v) is 22.5. The molecule has 1 aromatic rings. The molecule has 20 heteroatoms. The zero-order valence-corrected chi connectivity index (χ0v) is 38.1. The van der Waals surface area contributed by atoms with Crippen molar-refractivity contribution in [1.82, 2.24) is 36.4 Å². The Labute approximate surface area is 376 Å². The third-order valence-corrected chi connectivity index (χ3v) is 12.1. The number of amides is 7. The van der Waals surface area contributed by atoms with Crippen molar-refractivity contribution in [2.45, 2.75) is 142 Å². The Kier molecular flexibility index (Phi) is 20.9. The van der Waals surface area contributed by atoms with Gasteiger partial charge in [0, 0.05) is 26.1 Å². The summed E-state index contributed by atoms with van der Waals surface area (Å²) in [6.45, 7) is 10.9. The predicted octanol–water partition coefficient (Wildman–Crippen LogP) is -0.520. The van der Waals surface area contributed by atoms with Crippen LogP contribution in [0.15, 0.2) is 35.3 Å². The van der Waals surface area contributed by atoms with E-state index in [0.717, 1.165) is 5.56 Å². The first kappa shape index (κ1) is 52.6. The van der Waals surface area contributed by atoms with Gasteiger partial charge in [-0.3, -0.25) is 38.6 Å². The van der Waals surface area contributed by atoms with Crippen molar-refractivity contribution in [3.63, 3.8) is 0 Å². The Morgan fingerprint density at radius 2 is 1.28 bits per heavy atom. The van der Waals surface area contributed by atoms with Gasteiger partial charge in [-0.05, 0) is 61.8 Å². The van der Waals surface area contributed by atoms with E-state index in [9.17, 15) is 43.5 Å². The van der Waals surface area contributed by atoms with Crippen LogP contribution in [0.2, 0.25) is 0 Å². The topological polar surface area (TPSA) is 314 Å². The second-order valence-corrected chi connectivity index (χ2v) is 17.3. The number of hydrogen-bond acceptors (Lipinski definition) is 10. The van der Waals surface area contributed by atoms with Crippen LogP contribution in [0.25, 0.3) is 0 Å². The number of nitrogens with zero attached hydrogens (tertiary/aromatic N) is 3. The molecular formula is C44H71N11O9. The van der Waals surface area contributed by atoms with Gasteiger partial charge in [0.25, 0.3) is 0 Å². The van der Waals surface area contributed by atoms with Gasteiger partial charge < -0.3 is 58.7 Å². The highest BCUT2D eigenvalue weighted by molar-refractivity contribution is 5.98. The number of carbonyl (C=O) groups excluding carboxylic acids is 7. The molecule has 2 aliphatic rings. The molecule has 2 saturated heterocycles. The van der Waals surface area contributed by atoms with Crippen LogP contribution in [0.5, 0.6) is 0 Å². The molecule has 0 saturated carbocycles. The van der Waals surface area contributed by atoms with Crippen LogP contribution in [0.4, 0.5) is 0 Å². The highest BCUT2D eigenvalue weighted by Crippen LogP contribution is 2.23. The number of carbonyl (C=O) groups is 8. The molecule has 2 heterocycles. The van der Waals surface area contributed by atoms with Crippen LogP contribution < -0.4 is 43.8 Å². The van der Waals surface area contributed by atoms with E-state index < -0.39 is 101 Å². The summed E-state index contributed by atoms with van der Waals surface area (Å²) in [4.78, 5) is 115. The van der Waals surface area contributed by atoms with Crippen molar-refractivity contribution >= 4 is 53.3 Å². The molecule has 2 aliphatic heterocycles. The maximum absolute atomic E-state index is 14.5. The Morgan fingerprint density at radius 1 is 0.750 bits per heavy atom. The zero-order chi connectivity index (χ0) is 47.7. The summed E-state index contributed by atoms with van der Waals surface area (Å²) in [5.41, 5.74) is 17.4. The average molecular weight is 898 g/mol. The van der Waals surface area contributed by atoms with E-state index >= 15 is 0 Å². The molecule has 20 nitrogen and oxygen atoms in total. The number of aliphatic imine (C=N–C) groups is 1. The number of carboxylic acid groups (broad SMARTS) is 1. The van der Waals surface area contributed by atoms with Gasteiger partial charge in [0.15, 0.2) is 5.96 Å². The Hall–Kier alpha value is -5.79. The molecule has 1 aromatic carbocycles. The van der Waals surface area contributed by atoms with Crippen LogP contribution in [-0.2, 0) is 44.8 Å². The summed E-state index contributed by atoms with van der Waals surface area (Å²) in [7, 11) is 0. The van der Waals surface area contributed by atoms with Gasteiger partial charge in [0.05, 0.1) is 12.6 Å². The van der Waals surface area contributed by atoms with E-state index in [1.165, 1.54) is 9.80 Å². The molecule has 0 unspecified atom stereocenters. The molecule has 0 radical (unpaired) electrons. The zero-order valence-electron chi connectivity index (χ0n) is 38.1. The molecule has 356 valence electrons. The molecule has 3 rings (SSSR count). The second-order valence-electron chi connectivity index (χ2n) is 17.3. The Bertz CT molecular complexity index is 1810. The van der Waals surface area contributed by atoms with Gasteiger partial charge >= 0.3 is 5.97 Å². The van der Waals surface area contributed by atoms with E-state index in [1.54, 1.807) is 39.8 Å². The third-order valence-electron chi connectivity index (χ3n) is 12.1. The third kappa shape index (κ3) is 15.2. The van der Waals surface area contributed by atoms with E-state index in [2.05, 4.69) is 31.6 Å². The summed E-state index contributed by atoms with van der Waals surface area (Å²) < 4.78 is 0. The SMILES string of the molecule is CC[C@H](C)[C@H](NC(=O)[C@@H](NC(=O)[C@@H]1CCCN1C(=O)[C@@H](Cc1ccccc1)NC(=O)[C@@H]1CCCN1C(=O)CNC(=O)[C@@H](N)CCCN=C(N)N)[C@@H](C)CC)C(=O)N[C@H](C(=O)O)C(C)C. The van der Waals surface area contributed by atoms with Crippen LogP contribution in [0.3, 0.4) is 0 Å². The molecular weight excluding hydrogens is 827 g/mol. The Morgan fingerprint density at radius 3 is 1.83 bits per heavy atom. The lowest BCUT2D eigenvalue weighted by Gasteiger charge is -2.33. The van der Waals surface area contributed by atoms with E-state index in [-0.39, 0.29) is 44.4 Å². The minimum atomic E-state index is -1.20. The monoisotopic (exact) mass is 898 g/mol.